The van der Waals surface area contributed by atoms with Gasteiger partial charge in [-0.1, -0.05) is 17.7 Å². The number of rotatable bonds is 4. The minimum Gasteiger partial charge on any atom is -0.469 e. The normalized spacial score (nSPS) is 12.2. The average Bonchev–Trinajstić information content (AvgIpc) is 2.29. The van der Waals surface area contributed by atoms with Gasteiger partial charge in [-0.25, -0.2) is 0 Å². The molecule has 0 amide bonds. The van der Waals surface area contributed by atoms with Crippen molar-refractivity contribution in [3.63, 3.8) is 0 Å². The van der Waals surface area contributed by atoms with Crippen LogP contribution in [0.2, 0.25) is 5.02 Å². The molecule has 1 atom stereocenters. The number of carbonyl (C=O) groups is 1. The molecule has 3 nitrogen and oxygen atoms in total. The van der Waals surface area contributed by atoms with Crippen molar-refractivity contribution in [2.75, 3.05) is 7.11 Å². The van der Waals surface area contributed by atoms with Gasteiger partial charge in [0, 0.05) is 10.9 Å². The van der Waals surface area contributed by atoms with E-state index >= 15 is 0 Å². The van der Waals surface area contributed by atoms with Gasteiger partial charge in [0.15, 0.2) is 0 Å². The summed E-state index contributed by atoms with van der Waals surface area (Å²) in [6.45, 7) is 0. The van der Waals surface area contributed by atoms with Crippen molar-refractivity contribution in [1.29, 1.82) is 0 Å². The Hall–Kier alpha value is -0.580. The lowest BCUT2D eigenvalue weighted by Gasteiger charge is -2.10. The molecule has 1 unspecified atom stereocenters. The van der Waals surface area contributed by atoms with E-state index in [1.165, 1.54) is 7.11 Å². The first-order valence-electron chi connectivity index (χ1n) is 4.74. The highest BCUT2D eigenvalue weighted by Gasteiger charge is 2.11. The molecule has 88 valence electrons. The van der Waals surface area contributed by atoms with Crippen LogP contribution < -0.4 is 0 Å². The van der Waals surface area contributed by atoms with Gasteiger partial charge in [-0.2, -0.15) is 0 Å². The molecule has 0 aliphatic heterocycles. The zero-order valence-electron chi connectivity index (χ0n) is 8.74. The molecule has 0 saturated carbocycles. The lowest BCUT2D eigenvalue weighted by molar-refractivity contribution is -0.141. The molecule has 1 N–H and O–H groups in total. The predicted molar refractivity (Wildman–Crippen MR) is 65.4 cm³/mol. The van der Waals surface area contributed by atoms with E-state index in [4.69, 9.17) is 11.6 Å². The first-order chi connectivity index (χ1) is 7.54. The van der Waals surface area contributed by atoms with Gasteiger partial charge in [-0.3, -0.25) is 4.79 Å². The quantitative estimate of drug-likeness (QED) is 0.870. The fraction of sp³-hybridized carbons (Fsp3) is 0.364. The molecule has 0 aliphatic carbocycles. The third kappa shape index (κ3) is 3.77. The standard InChI is InChI=1S/C11H12BrClO3/c1-16-11(15)5-4-10(14)7-2-3-8(12)9(13)6-7/h2-3,6,10,14H,4-5H2,1H3. The highest BCUT2D eigenvalue weighted by atomic mass is 79.9. The summed E-state index contributed by atoms with van der Waals surface area (Å²) in [6.07, 6.45) is -0.194. The van der Waals surface area contributed by atoms with E-state index < -0.39 is 6.10 Å². The summed E-state index contributed by atoms with van der Waals surface area (Å²) in [7, 11) is 1.32. The molecule has 0 aromatic heterocycles. The van der Waals surface area contributed by atoms with Crippen molar-refractivity contribution in [1.82, 2.24) is 0 Å². The molecular formula is C11H12BrClO3. The zero-order chi connectivity index (χ0) is 12.1. The second kappa shape index (κ2) is 6.23. The number of halogens is 2. The Kier molecular flexibility index (Phi) is 5.25. The SMILES string of the molecule is COC(=O)CCC(O)c1ccc(Br)c(Cl)c1. The number of carbonyl (C=O) groups excluding carboxylic acids is 1. The molecule has 0 radical (unpaired) electrons. The molecule has 0 bridgehead atoms. The van der Waals surface area contributed by atoms with Crippen LogP contribution in [-0.4, -0.2) is 18.2 Å². The van der Waals surface area contributed by atoms with Crippen LogP contribution in [-0.2, 0) is 9.53 Å². The van der Waals surface area contributed by atoms with Crippen LogP contribution in [0.1, 0.15) is 24.5 Å². The smallest absolute Gasteiger partial charge is 0.305 e. The Labute approximate surface area is 107 Å². The number of esters is 1. The van der Waals surface area contributed by atoms with Crippen molar-refractivity contribution in [2.24, 2.45) is 0 Å². The number of ether oxygens (including phenoxy) is 1. The number of benzene rings is 1. The van der Waals surface area contributed by atoms with Crippen LogP contribution in [0.5, 0.6) is 0 Å². The first-order valence-corrected chi connectivity index (χ1v) is 5.91. The lowest BCUT2D eigenvalue weighted by atomic mass is 10.1. The number of aliphatic hydroxyl groups is 1. The first kappa shape index (κ1) is 13.5. The van der Waals surface area contributed by atoms with Crippen molar-refractivity contribution in [3.8, 4) is 0 Å². The second-order valence-corrected chi connectivity index (χ2v) is 4.57. The van der Waals surface area contributed by atoms with Crippen molar-refractivity contribution < 1.29 is 14.6 Å². The molecule has 1 aromatic carbocycles. The average molecular weight is 308 g/mol. The Morgan fingerprint density at radius 1 is 1.62 bits per heavy atom. The van der Waals surface area contributed by atoms with Crippen LogP contribution >= 0.6 is 27.5 Å². The van der Waals surface area contributed by atoms with E-state index in [9.17, 15) is 9.90 Å². The minimum absolute atomic E-state index is 0.186. The van der Waals surface area contributed by atoms with Gasteiger partial charge in [0.2, 0.25) is 0 Å². The van der Waals surface area contributed by atoms with E-state index in [0.29, 0.717) is 17.0 Å². The van der Waals surface area contributed by atoms with Gasteiger partial charge in [0.05, 0.1) is 18.2 Å². The molecule has 1 aromatic rings. The molecular weight excluding hydrogens is 295 g/mol. The zero-order valence-corrected chi connectivity index (χ0v) is 11.1. The lowest BCUT2D eigenvalue weighted by Crippen LogP contribution is -2.04. The maximum absolute atomic E-state index is 10.9. The maximum atomic E-state index is 10.9. The molecule has 0 aliphatic rings. The number of hydrogen-bond donors (Lipinski definition) is 1. The third-order valence-electron chi connectivity index (χ3n) is 2.18. The molecule has 1 rings (SSSR count). The van der Waals surface area contributed by atoms with Gasteiger partial charge in [0.25, 0.3) is 0 Å². The summed E-state index contributed by atoms with van der Waals surface area (Å²) in [5, 5.41) is 10.3. The monoisotopic (exact) mass is 306 g/mol. The van der Waals surface area contributed by atoms with Crippen LogP contribution in [0.25, 0.3) is 0 Å². The maximum Gasteiger partial charge on any atom is 0.305 e. The number of methoxy groups -OCH3 is 1. The summed E-state index contributed by atoms with van der Waals surface area (Å²) in [6, 6.07) is 5.20. The van der Waals surface area contributed by atoms with Gasteiger partial charge < -0.3 is 9.84 Å². The van der Waals surface area contributed by atoms with E-state index in [2.05, 4.69) is 20.7 Å². The highest BCUT2D eigenvalue weighted by Crippen LogP contribution is 2.27. The van der Waals surface area contributed by atoms with Crippen LogP contribution in [0, 0.1) is 0 Å². The second-order valence-electron chi connectivity index (χ2n) is 3.30. The Morgan fingerprint density at radius 3 is 2.88 bits per heavy atom. The van der Waals surface area contributed by atoms with Crippen LogP contribution in [0.3, 0.4) is 0 Å². The van der Waals surface area contributed by atoms with Crippen molar-refractivity contribution in [3.05, 3.63) is 33.3 Å². The van der Waals surface area contributed by atoms with Crippen LogP contribution in [0.15, 0.2) is 22.7 Å². The highest BCUT2D eigenvalue weighted by molar-refractivity contribution is 9.10. The van der Waals surface area contributed by atoms with E-state index in [-0.39, 0.29) is 12.4 Å². The van der Waals surface area contributed by atoms with E-state index in [0.717, 1.165) is 4.47 Å². The summed E-state index contributed by atoms with van der Waals surface area (Å²) in [4.78, 5) is 10.9. The summed E-state index contributed by atoms with van der Waals surface area (Å²) >= 11 is 9.16. The third-order valence-corrected chi connectivity index (χ3v) is 3.41. The van der Waals surface area contributed by atoms with Gasteiger partial charge in [0.1, 0.15) is 0 Å². The summed E-state index contributed by atoms with van der Waals surface area (Å²) < 4.78 is 5.27. The Balaban J connectivity index is 2.62. The molecule has 16 heavy (non-hydrogen) atoms. The number of aliphatic hydroxyl groups excluding tert-OH is 1. The van der Waals surface area contributed by atoms with Crippen LogP contribution in [0.4, 0.5) is 0 Å². The Morgan fingerprint density at radius 2 is 2.31 bits per heavy atom. The van der Waals surface area contributed by atoms with E-state index in [1.807, 2.05) is 0 Å². The topological polar surface area (TPSA) is 46.5 Å². The molecule has 0 spiro atoms. The van der Waals surface area contributed by atoms with Gasteiger partial charge in [-0.05, 0) is 40.0 Å². The molecule has 5 heteroatoms. The van der Waals surface area contributed by atoms with Gasteiger partial charge in [-0.15, -0.1) is 0 Å². The Bertz CT molecular complexity index is 381. The predicted octanol–water partition coefficient (Wildman–Crippen LogP) is 3.09. The van der Waals surface area contributed by atoms with E-state index in [1.54, 1.807) is 18.2 Å². The van der Waals surface area contributed by atoms with Gasteiger partial charge >= 0.3 is 5.97 Å². The fourth-order valence-electron chi connectivity index (χ4n) is 1.24. The van der Waals surface area contributed by atoms with Crippen molar-refractivity contribution >= 4 is 33.5 Å². The minimum atomic E-state index is -0.704. The van der Waals surface area contributed by atoms with Crippen molar-refractivity contribution in [2.45, 2.75) is 18.9 Å². The summed E-state index contributed by atoms with van der Waals surface area (Å²) in [5.74, 6) is -0.331. The molecule has 0 fully saturated rings. The molecule has 0 saturated heterocycles. The molecule has 0 heterocycles. The summed E-state index contributed by atoms with van der Waals surface area (Å²) in [5.41, 5.74) is 0.692. The fourth-order valence-corrected chi connectivity index (χ4v) is 1.68. The number of hydrogen-bond acceptors (Lipinski definition) is 3. The largest absolute Gasteiger partial charge is 0.469 e.